The summed E-state index contributed by atoms with van der Waals surface area (Å²) < 4.78 is 27.0. The Balaban J connectivity index is 2.41. The monoisotopic (exact) mass is 561 g/mol. The molecule has 0 aromatic heterocycles. The average Bonchev–Trinajstić information content (AvgIpc) is 2.74. The van der Waals surface area contributed by atoms with Gasteiger partial charge < -0.3 is 10.2 Å². The van der Waals surface area contributed by atoms with E-state index in [9.17, 15) is 18.0 Å². The Labute approximate surface area is 222 Å². The van der Waals surface area contributed by atoms with Gasteiger partial charge in [0.05, 0.1) is 11.4 Å². The number of amides is 2. The van der Waals surface area contributed by atoms with Gasteiger partial charge in [0.25, 0.3) is 0 Å². The van der Waals surface area contributed by atoms with Crippen LogP contribution in [0.1, 0.15) is 39.7 Å². The van der Waals surface area contributed by atoms with Crippen molar-refractivity contribution in [2.45, 2.75) is 57.1 Å². The van der Waals surface area contributed by atoms with Crippen LogP contribution in [0.2, 0.25) is 15.1 Å². The van der Waals surface area contributed by atoms with Gasteiger partial charge in [0.2, 0.25) is 21.8 Å². The third-order valence-electron chi connectivity index (χ3n) is 5.15. The summed E-state index contributed by atoms with van der Waals surface area (Å²) in [5.74, 6) is -0.934. The predicted octanol–water partition coefficient (Wildman–Crippen LogP) is 4.99. The van der Waals surface area contributed by atoms with Gasteiger partial charge in [-0.2, -0.15) is 4.31 Å². The molecule has 0 unspecified atom stereocenters. The Morgan fingerprint density at radius 1 is 1.00 bits per heavy atom. The minimum Gasteiger partial charge on any atom is -0.350 e. The largest absolute Gasteiger partial charge is 0.350 e. The van der Waals surface area contributed by atoms with Crippen LogP contribution in [0.4, 0.5) is 0 Å². The zero-order valence-electron chi connectivity index (χ0n) is 20.3. The van der Waals surface area contributed by atoms with Crippen LogP contribution in [0.15, 0.2) is 47.4 Å². The molecule has 1 N–H and O–H groups in total. The number of nitrogens with one attached hydrogen (secondary N) is 1. The Bertz CT molecular complexity index is 1150. The topological polar surface area (TPSA) is 86.8 Å². The van der Waals surface area contributed by atoms with Crippen molar-refractivity contribution in [3.8, 4) is 0 Å². The number of halogens is 3. The molecular weight excluding hydrogens is 533 g/mol. The lowest BCUT2D eigenvalue weighted by Gasteiger charge is -2.34. The van der Waals surface area contributed by atoms with Crippen molar-refractivity contribution in [3.63, 3.8) is 0 Å². The van der Waals surface area contributed by atoms with Gasteiger partial charge in [0.15, 0.2) is 0 Å². The van der Waals surface area contributed by atoms with E-state index < -0.39 is 34.1 Å². The van der Waals surface area contributed by atoms with Crippen molar-refractivity contribution in [2.24, 2.45) is 0 Å². The second kappa shape index (κ2) is 11.9. The van der Waals surface area contributed by atoms with E-state index in [1.165, 1.54) is 36.2 Å². The molecule has 0 aliphatic carbocycles. The SMILES string of the molecule is CC[C@H](C(=O)NC(C)(C)C)N(Cc1c(Cl)cccc1Cl)C(=O)CN(C)S(=O)(=O)c1ccc(Cl)cc1. The van der Waals surface area contributed by atoms with Gasteiger partial charge in [-0.1, -0.05) is 47.8 Å². The smallest absolute Gasteiger partial charge is 0.243 e. The van der Waals surface area contributed by atoms with Gasteiger partial charge in [-0.15, -0.1) is 0 Å². The minimum absolute atomic E-state index is 0.00424. The van der Waals surface area contributed by atoms with Crippen molar-refractivity contribution in [2.75, 3.05) is 13.6 Å². The summed E-state index contributed by atoms with van der Waals surface area (Å²) in [6, 6.07) is 9.73. The molecule has 192 valence electrons. The normalized spacial score (nSPS) is 12.9. The zero-order valence-corrected chi connectivity index (χ0v) is 23.4. The van der Waals surface area contributed by atoms with Gasteiger partial charge in [-0.3, -0.25) is 9.59 Å². The fraction of sp³-hybridized carbons (Fsp3) is 0.417. The van der Waals surface area contributed by atoms with Crippen molar-refractivity contribution in [1.82, 2.24) is 14.5 Å². The Hall–Kier alpha value is -1.84. The van der Waals surface area contributed by atoms with Gasteiger partial charge in [0.1, 0.15) is 6.04 Å². The van der Waals surface area contributed by atoms with Gasteiger partial charge in [0, 0.05) is 39.8 Å². The highest BCUT2D eigenvalue weighted by molar-refractivity contribution is 7.89. The molecule has 2 aromatic carbocycles. The van der Waals surface area contributed by atoms with E-state index in [4.69, 9.17) is 34.8 Å². The van der Waals surface area contributed by atoms with E-state index in [0.717, 1.165) is 4.31 Å². The maximum Gasteiger partial charge on any atom is 0.243 e. The summed E-state index contributed by atoms with van der Waals surface area (Å²) in [4.78, 5) is 27.9. The number of hydrogen-bond acceptors (Lipinski definition) is 4. The van der Waals surface area contributed by atoms with Crippen LogP contribution in [-0.4, -0.2) is 54.6 Å². The standard InChI is InChI=1S/C24H30Cl3N3O4S/c1-6-21(23(32)28-24(2,3)4)30(14-18-19(26)8-7-9-20(18)27)22(31)15-29(5)35(33,34)17-12-10-16(25)11-13-17/h7-13,21H,6,14-15H2,1-5H3,(H,28,32)/t21-/m1/s1. The number of carbonyl (C=O) groups excluding carboxylic acids is 2. The molecule has 0 saturated heterocycles. The maximum atomic E-state index is 13.5. The number of benzene rings is 2. The van der Waals surface area contributed by atoms with Gasteiger partial charge in [-0.05, 0) is 63.6 Å². The highest BCUT2D eigenvalue weighted by atomic mass is 35.5. The second-order valence-corrected chi connectivity index (χ2v) is 12.4. The molecule has 0 spiro atoms. The summed E-state index contributed by atoms with van der Waals surface area (Å²) in [6.45, 7) is 6.72. The molecule has 0 bridgehead atoms. The average molecular weight is 563 g/mol. The molecule has 7 nitrogen and oxygen atoms in total. The molecule has 0 radical (unpaired) electrons. The summed E-state index contributed by atoms with van der Waals surface area (Å²) in [5.41, 5.74) is -0.0647. The van der Waals surface area contributed by atoms with Gasteiger partial charge in [-0.25, -0.2) is 8.42 Å². The molecule has 0 saturated carbocycles. The lowest BCUT2D eigenvalue weighted by atomic mass is 10.1. The van der Waals surface area contributed by atoms with Crippen LogP contribution < -0.4 is 5.32 Å². The second-order valence-electron chi connectivity index (χ2n) is 9.10. The molecule has 35 heavy (non-hydrogen) atoms. The molecule has 2 aromatic rings. The molecule has 11 heteroatoms. The highest BCUT2D eigenvalue weighted by Crippen LogP contribution is 2.27. The molecule has 0 aliphatic rings. The Kier molecular flexibility index (Phi) is 10.0. The molecule has 0 aliphatic heterocycles. The Morgan fingerprint density at radius 3 is 2.03 bits per heavy atom. The lowest BCUT2D eigenvalue weighted by molar-refractivity contribution is -0.142. The first-order valence-electron chi connectivity index (χ1n) is 10.9. The first-order chi connectivity index (χ1) is 16.2. The molecule has 2 amide bonds. The van der Waals surface area contributed by atoms with Crippen molar-refractivity contribution in [1.29, 1.82) is 0 Å². The fourth-order valence-corrected chi connectivity index (χ4v) is 5.14. The summed E-state index contributed by atoms with van der Waals surface area (Å²) in [5, 5.41) is 3.96. The molecule has 2 rings (SSSR count). The lowest BCUT2D eigenvalue weighted by Crippen LogP contribution is -2.55. The van der Waals surface area contributed by atoms with E-state index in [0.29, 0.717) is 27.1 Å². The first kappa shape index (κ1) is 29.4. The van der Waals surface area contributed by atoms with Crippen LogP contribution in [0, 0.1) is 0 Å². The number of likely N-dealkylation sites (N-methyl/N-ethyl adjacent to an activating group) is 1. The minimum atomic E-state index is -3.98. The number of carbonyl (C=O) groups is 2. The van der Waals surface area contributed by atoms with E-state index in [1.54, 1.807) is 25.1 Å². The van der Waals surface area contributed by atoms with Crippen LogP contribution in [0.25, 0.3) is 0 Å². The maximum absolute atomic E-state index is 13.5. The first-order valence-corrected chi connectivity index (χ1v) is 13.5. The molecule has 0 heterocycles. The quantitative estimate of drug-likeness (QED) is 0.467. The molecule has 1 atom stereocenters. The van der Waals surface area contributed by atoms with E-state index in [-0.39, 0.29) is 17.3 Å². The number of rotatable bonds is 9. The highest BCUT2D eigenvalue weighted by Gasteiger charge is 2.33. The summed E-state index contributed by atoms with van der Waals surface area (Å²) in [7, 11) is -2.68. The number of hydrogen-bond donors (Lipinski definition) is 1. The van der Waals surface area contributed by atoms with Crippen molar-refractivity contribution in [3.05, 3.63) is 63.1 Å². The number of nitrogens with zero attached hydrogens (tertiary/aromatic N) is 2. The molecule has 0 fully saturated rings. The molecular formula is C24H30Cl3N3O4S. The third kappa shape index (κ3) is 7.82. The summed E-state index contributed by atoms with van der Waals surface area (Å²) >= 11 is 18.6. The van der Waals surface area contributed by atoms with E-state index >= 15 is 0 Å². The van der Waals surface area contributed by atoms with E-state index in [1.807, 2.05) is 20.8 Å². The van der Waals surface area contributed by atoms with Crippen LogP contribution in [0.3, 0.4) is 0 Å². The predicted molar refractivity (Wildman–Crippen MR) is 140 cm³/mol. The Morgan fingerprint density at radius 2 is 1.54 bits per heavy atom. The van der Waals surface area contributed by atoms with E-state index in [2.05, 4.69) is 5.32 Å². The van der Waals surface area contributed by atoms with Crippen LogP contribution in [0.5, 0.6) is 0 Å². The van der Waals surface area contributed by atoms with Crippen molar-refractivity contribution >= 4 is 56.6 Å². The van der Waals surface area contributed by atoms with Crippen molar-refractivity contribution < 1.29 is 18.0 Å². The fourth-order valence-electron chi connectivity index (χ4n) is 3.38. The van der Waals surface area contributed by atoms with Gasteiger partial charge >= 0.3 is 0 Å². The van der Waals surface area contributed by atoms with Crippen LogP contribution in [-0.2, 0) is 26.2 Å². The zero-order chi connectivity index (χ0) is 26.6. The third-order valence-corrected chi connectivity index (χ3v) is 7.93. The summed E-state index contributed by atoms with van der Waals surface area (Å²) in [6.07, 6.45) is 0.295. The number of sulfonamides is 1. The van der Waals surface area contributed by atoms with Crippen LogP contribution >= 0.6 is 34.8 Å².